The van der Waals surface area contributed by atoms with Gasteiger partial charge in [0.05, 0.1) is 29.1 Å². The number of benzene rings is 3. The van der Waals surface area contributed by atoms with E-state index in [1.54, 1.807) is 18.3 Å². The molecule has 1 amide bonds. The molecule has 0 N–H and O–H groups in total. The number of rotatable bonds is 7. The highest BCUT2D eigenvalue weighted by molar-refractivity contribution is 7.99. The van der Waals surface area contributed by atoms with Crippen LogP contribution in [-0.2, 0) is 17.8 Å². The van der Waals surface area contributed by atoms with Crippen molar-refractivity contribution in [1.29, 1.82) is 0 Å². The summed E-state index contributed by atoms with van der Waals surface area (Å²) < 4.78 is 2.02. The lowest BCUT2D eigenvalue weighted by atomic mass is 10.1. The van der Waals surface area contributed by atoms with E-state index in [2.05, 4.69) is 11.1 Å². The average Bonchev–Trinajstić information content (AvgIpc) is 3.47. The fraction of sp³-hybridized carbons (Fsp3) is 0.154. The first-order chi connectivity index (χ1) is 16.6. The summed E-state index contributed by atoms with van der Waals surface area (Å²) in [6, 6.07) is 24.5. The fourth-order valence-electron chi connectivity index (χ4n) is 4.20. The van der Waals surface area contributed by atoms with Gasteiger partial charge in [0.15, 0.2) is 5.16 Å². The zero-order chi connectivity index (χ0) is 23.5. The van der Waals surface area contributed by atoms with Crippen LogP contribution in [0.5, 0.6) is 0 Å². The lowest BCUT2D eigenvalue weighted by molar-refractivity contribution is -0.384. The molecule has 0 saturated carbocycles. The van der Waals surface area contributed by atoms with E-state index in [1.165, 1.54) is 23.4 Å². The Morgan fingerprint density at radius 2 is 1.82 bits per heavy atom. The molecule has 170 valence electrons. The van der Waals surface area contributed by atoms with E-state index in [1.807, 2.05) is 64.1 Å². The number of thioether (sulfide) groups is 1. The second-order valence-electron chi connectivity index (χ2n) is 8.02. The van der Waals surface area contributed by atoms with Crippen LogP contribution in [0.1, 0.15) is 11.1 Å². The van der Waals surface area contributed by atoms with Crippen LogP contribution in [0.4, 0.5) is 11.4 Å². The molecule has 8 heteroatoms. The molecule has 0 unspecified atom stereocenters. The Balaban J connectivity index is 1.42. The van der Waals surface area contributed by atoms with E-state index in [9.17, 15) is 14.9 Å². The van der Waals surface area contributed by atoms with Gasteiger partial charge in [-0.3, -0.25) is 14.9 Å². The van der Waals surface area contributed by atoms with Gasteiger partial charge in [-0.05, 0) is 23.6 Å². The molecule has 1 aliphatic heterocycles. The minimum atomic E-state index is -0.399. The van der Waals surface area contributed by atoms with Crippen molar-refractivity contribution in [2.45, 2.75) is 18.1 Å². The van der Waals surface area contributed by atoms with Crippen LogP contribution in [0.15, 0.2) is 90.2 Å². The molecule has 4 aromatic rings. The maximum absolute atomic E-state index is 13.0. The fourth-order valence-corrected chi connectivity index (χ4v) is 5.06. The van der Waals surface area contributed by atoms with E-state index >= 15 is 0 Å². The van der Waals surface area contributed by atoms with Gasteiger partial charge in [0.25, 0.3) is 5.69 Å². The lowest BCUT2D eigenvalue weighted by Gasteiger charge is -2.17. The Kier molecular flexibility index (Phi) is 6.14. The van der Waals surface area contributed by atoms with Gasteiger partial charge in [0, 0.05) is 29.9 Å². The Morgan fingerprint density at radius 3 is 2.65 bits per heavy atom. The number of hydrogen-bond donors (Lipinski definition) is 0. The van der Waals surface area contributed by atoms with Gasteiger partial charge in [-0.1, -0.05) is 72.4 Å². The van der Waals surface area contributed by atoms with Crippen molar-refractivity contribution in [3.63, 3.8) is 0 Å². The van der Waals surface area contributed by atoms with Gasteiger partial charge in [-0.25, -0.2) is 4.98 Å². The normalized spacial score (nSPS) is 12.5. The number of nitro benzene ring substituents is 1. The molecule has 3 aromatic carbocycles. The van der Waals surface area contributed by atoms with Gasteiger partial charge < -0.3 is 9.47 Å². The molecule has 0 spiro atoms. The standard InChI is InChI=1S/C26H22N4O3S/c31-25(28-14-13-20-9-4-5-12-23(20)28)18-34-26-27-16-24(21-10-6-11-22(15-21)30(32)33)29(26)17-19-7-2-1-3-8-19/h1-12,15-16H,13-14,17-18H2. The Labute approximate surface area is 201 Å². The SMILES string of the molecule is O=C(CSc1ncc(-c2cccc([N+](=O)[O-])c2)n1Cc1ccccc1)N1CCc2ccccc21. The quantitative estimate of drug-likeness (QED) is 0.211. The number of fused-ring (bicyclic) bond motifs is 1. The van der Waals surface area contributed by atoms with E-state index in [4.69, 9.17) is 0 Å². The van der Waals surface area contributed by atoms with Crippen molar-refractivity contribution in [2.24, 2.45) is 0 Å². The molecule has 0 fully saturated rings. The Hall–Kier alpha value is -3.91. The summed E-state index contributed by atoms with van der Waals surface area (Å²) in [7, 11) is 0. The molecule has 2 heterocycles. The summed E-state index contributed by atoms with van der Waals surface area (Å²) in [5.74, 6) is 0.301. The summed E-state index contributed by atoms with van der Waals surface area (Å²) in [5, 5.41) is 12.0. The highest BCUT2D eigenvalue weighted by atomic mass is 32.2. The maximum Gasteiger partial charge on any atom is 0.270 e. The van der Waals surface area contributed by atoms with E-state index in [0.29, 0.717) is 23.8 Å². The molecule has 0 saturated heterocycles. The number of non-ortho nitro benzene ring substituents is 1. The molecule has 5 rings (SSSR count). The van der Waals surface area contributed by atoms with Crippen LogP contribution < -0.4 is 4.90 Å². The molecule has 1 aromatic heterocycles. The molecule has 0 radical (unpaired) electrons. The third-order valence-electron chi connectivity index (χ3n) is 5.87. The zero-order valence-electron chi connectivity index (χ0n) is 18.3. The molecule has 0 bridgehead atoms. The number of hydrogen-bond acceptors (Lipinski definition) is 5. The number of carbonyl (C=O) groups is 1. The number of carbonyl (C=O) groups excluding carboxylic acids is 1. The number of imidazole rings is 1. The van der Waals surface area contributed by atoms with E-state index in [0.717, 1.165) is 23.4 Å². The maximum atomic E-state index is 13.0. The second kappa shape index (κ2) is 9.52. The van der Waals surface area contributed by atoms with Gasteiger partial charge in [0.1, 0.15) is 0 Å². The van der Waals surface area contributed by atoms with Crippen molar-refractivity contribution in [3.05, 3.63) is 106 Å². The van der Waals surface area contributed by atoms with Crippen molar-refractivity contribution in [2.75, 3.05) is 17.2 Å². The molecule has 0 atom stereocenters. The van der Waals surface area contributed by atoms with Crippen LogP contribution in [-0.4, -0.2) is 32.7 Å². The Bertz CT molecular complexity index is 1350. The van der Waals surface area contributed by atoms with E-state index < -0.39 is 4.92 Å². The molecule has 0 aliphatic carbocycles. The summed E-state index contributed by atoms with van der Waals surface area (Å²) in [6.45, 7) is 1.23. The smallest absolute Gasteiger partial charge is 0.270 e. The van der Waals surface area contributed by atoms with E-state index in [-0.39, 0.29) is 17.3 Å². The Morgan fingerprint density at radius 1 is 1.03 bits per heavy atom. The third-order valence-corrected chi connectivity index (χ3v) is 6.84. The lowest BCUT2D eigenvalue weighted by Crippen LogP contribution is -2.30. The van der Waals surface area contributed by atoms with Crippen LogP contribution in [0.2, 0.25) is 0 Å². The van der Waals surface area contributed by atoms with Crippen molar-refractivity contribution >= 4 is 29.0 Å². The minimum absolute atomic E-state index is 0.0297. The minimum Gasteiger partial charge on any atom is -0.314 e. The highest BCUT2D eigenvalue weighted by Gasteiger charge is 2.25. The van der Waals surface area contributed by atoms with Gasteiger partial charge >= 0.3 is 0 Å². The summed E-state index contributed by atoms with van der Waals surface area (Å²) in [5.41, 5.74) is 4.77. The van der Waals surface area contributed by atoms with Crippen molar-refractivity contribution < 1.29 is 9.72 Å². The first-order valence-corrected chi connectivity index (χ1v) is 11.9. The van der Waals surface area contributed by atoms with Crippen LogP contribution in [0, 0.1) is 10.1 Å². The predicted molar refractivity (Wildman–Crippen MR) is 133 cm³/mol. The molecule has 7 nitrogen and oxygen atoms in total. The van der Waals surface area contributed by atoms with Gasteiger partial charge in [-0.2, -0.15) is 0 Å². The third kappa shape index (κ3) is 4.45. The topological polar surface area (TPSA) is 81.3 Å². The van der Waals surface area contributed by atoms with Crippen LogP contribution in [0.25, 0.3) is 11.3 Å². The number of aromatic nitrogens is 2. The number of para-hydroxylation sites is 1. The first kappa shape index (κ1) is 21.9. The van der Waals surface area contributed by atoms with Crippen LogP contribution in [0.3, 0.4) is 0 Å². The molecule has 1 aliphatic rings. The number of nitro groups is 1. The molecule has 34 heavy (non-hydrogen) atoms. The number of amides is 1. The average molecular weight is 471 g/mol. The molecular weight excluding hydrogens is 448 g/mol. The first-order valence-electron chi connectivity index (χ1n) is 11.0. The summed E-state index contributed by atoms with van der Waals surface area (Å²) in [4.78, 5) is 30.4. The second-order valence-corrected chi connectivity index (χ2v) is 8.96. The zero-order valence-corrected chi connectivity index (χ0v) is 19.1. The number of anilines is 1. The van der Waals surface area contributed by atoms with Crippen LogP contribution >= 0.6 is 11.8 Å². The van der Waals surface area contributed by atoms with Gasteiger partial charge in [-0.15, -0.1) is 0 Å². The van der Waals surface area contributed by atoms with Crippen molar-refractivity contribution in [3.8, 4) is 11.3 Å². The summed E-state index contributed by atoms with van der Waals surface area (Å²) >= 11 is 1.39. The van der Waals surface area contributed by atoms with Gasteiger partial charge in [0.2, 0.25) is 5.91 Å². The largest absolute Gasteiger partial charge is 0.314 e. The monoisotopic (exact) mass is 470 g/mol. The molecular formula is C26H22N4O3S. The van der Waals surface area contributed by atoms with Crippen molar-refractivity contribution in [1.82, 2.24) is 9.55 Å². The predicted octanol–water partition coefficient (Wildman–Crippen LogP) is 5.19. The number of nitrogens with zero attached hydrogens (tertiary/aromatic N) is 4. The summed E-state index contributed by atoms with van der Waals surface area (Å²) in [6.07, 6.45) is 2.59. The highest BCUT2D eigenvalue weighted by Crippen LogP contribution is 2.31.